The molecule has 0 radical (unpaired) electrons. The van der Waals surface area contributed by atoms with Crippen molar-refractivity contribution in [1.82, 2.24) is 5.32 Å². The van der Waals surface area contributed by atoms with Crippen molar-refractivity contribution < 1.29 is 9.84 Å². The second-order valence-electron chi connectivity index (χ2n) is 4.53. The zero-order valence-electron chi connectivity index (χ0n) is 11.6. The number of aliphatic hydroxyl groups is 1. The molecule has 0 aliphatic rings. The third kappa shape index (κ3) is 6.95. The van der Waals surface area contributed by atoms with E-state index in [1.54, 1.807) is 0 Å². The van der Waals surface area contributed by atoms with Gasteiger partial charge < -0.3 is 15.2 Å². The van der Waals surface area contributed by atoms with Crippen molar-refractivity contribution in [2.45, 2.75) is 39.2 Å². The third-order valence-corrected chi connectivity index (χ3v) is 3.51. The maximum atomic E-state index is 8.68. The van der Waals surface area contributed by atoms with Gasteiger partial charge in [-0.25, -0.2) is 0 Å². The minimum Gasteiger partial charge on any atom is -0.492 e. The van der Waals surface area contributed by atoms with Crippen molar-refractivity contribution >= 4 is 15.9 Å². The Morgan fingerprint density at radius 3 is 2.68 bits per heavy atom. The van der Waals surface area contributed by atoms with Crippen LogP contribution in [0.1, 0.15) is 38.2 Å². The van der Waals surface area contributed by atoms with E-state index < -0.39 is 0 Å². The number of rotatable bonds is 10. The van der Waals surface area contributed by atoms with Crippen LogP contribution in [0.25, 0.3) is 0 Å². The molecule has 0 aromatic heterocycles. The fourth-order valence-electron chi connectivity index (χ4n) is 1.79. The zero-order chi connectivity index (χ0) is 13.9. The standard InChI is InChI=1S/C15H24BrNO2/c1-2-17-12-13-7-8-15(14(16)11-13)19-10-6-4-3-5-9-18/h7-8,11,17-18H,2-6,9-10,12H2,1H3. The minimum absolute atomic E-state index is 0.291. The molecule has 0 unspecified atom stereocenters. The highest BCUT2D eigenvalue weighted by atomic mass is 79.9. The molecule has 0 saturated heterocycles. The van der Waals surface area contributed by atoms with Crippen LogP contribution in [0.2, 0.25) is 0 Å². The smallest absolute Gasteiger partial charge is 0.133 e. The quantitative estimate of drug-likeness (QED) is 0.645. The van der Waals surface area contributed by atoms with E-state index in [1.807, 2.05) is 6.07 Å². The summed E-state index contributed by atoms with van der Waals surface area (Å²) in [6.45, 7) is 4.99. The number of aliphatic hydroxyl groups excluding tert-OH is 1. The molecule has 108 valence electrons. The number of benzene rings is 1. The Bertz CT molecular complexity index is 358. The Morgan fingerprint density at radius 1 is 1.21 bits per heavy atom. The summed E-state index contributed by atoms with van der Waals surface area (Å²) in [4.78, 5) is 0. The molecular formula is C15H24BrNO2. The van der Waals surface area contributed by atoms with Gasteiger partial charge in [-0.15, -0.1) is 0 Å². The molecule has 0 spiro atoms. The Hall–Kier alpha value is -0.580. The average molecular weight is 330 g/mol. The van der Waals surface area contributed by atoms with Gasteiger partial charge in [0.15, 0.2) is 0 Å². The van der Waals surface area contributed by atoms with Gasteiger partial charge in [0.1, 0.15) is 5.75 Å². The van der Waals surface area contributed by atoms with E-state index >= 15 is 0 Å². The Balaban J connectivity index is 2.29. The molecule has 0 fully saturated rings. The fraction of sp³-hybridized carbons (Fsp3) is 0.600. The molecule has 0 bridgehead atoms. The summed E-state index contributed by atoms with van der Waals surface area (Å²) in [5.41, 5.74) is 1.25. The molecule has 2 N–H and O–H groups in total. The van der Waals surface area contributed by atoms with Crippen LogP contribution in [0.3, 0.4) is 0 Å². The van der Waals surface area contributed by atoms with Crippen molar-refractivity contribution in [1.29, 1.82) is 0 Å². The van der Waals surface area contributed by atoms with Gasteiger partial charge in [-0.3, -0.25) is 0 Å². The summed E-state index contributed by atoms with van der Waals surface area (Å²) in [6.07, 6.45) is 4.10. The predicted molar refractivity (Wildman–Crippen MR) is 82.6 cm³/mol. The number of nitrogens with one attached hydrogen (secondary N) is 1. The molecule has 1 rings (SSSR count). The van der Waals surface area contributed by atoms with Gasteiger partial charge in [-0.2, -0.15) is 0 Å². The first-order valence-electron chi connectivity index (χ1n) is 7.00. The molecule has 0 amide bonds. The van der Waals surface area contributed by atoms with Gasteiger partial charge >= 0.3 is 0 Å². The molecule has 19 heavy (non-hydrogen) atoms. The number of halogens is 1. The van der Waals surface area contributed by atoms with Crippen molar-refractivity contribution in [2.24, 2.45) is 0 Å². The normalized spacial score (nSPS) is 10.7. The number of hydrogen-bond acceptors (Lipinski definition) is 3. The van der Waals surface area contributed by atoms with Crippen LogP contribution >= 0.6 is 15.9 Å². The molecule has 0 heterocycles. The molecule has 0 saturated carbocycles. The van der Waals surface area contributed by atoms with Crippen LogP contribution in [-0.2, 0) is 6.54 Å². The van der Waals surface area contributed by atoms with E-state index in [1.165, 1.54) is 5.56 Å². The summed E-state index contributed by atoms with van der Waals surface area (Å²) >= 11 is 3.55. The average Bonchev–Trinajstić information content (AvgIpc) is 2.42. The minimum atomic E-state index is 0.291. The van der Waals surface area contributed by atoms with E-state index in [2.05, 4.69) is 40.3 Å². The maximum Gasteiger partial charge on any atom is 0.133 e. The molecule has 1 aromatic rings. The summed E-state index contributed by atoms with van der Waals surface area (Å²) in [6, 6.07) is 6.21. The van der Waals surface area contributed by atoms with Gasteiger partial charge in [0.2, 0.25) is 0 Å². The van der Waals surface area contributed by atoms with Crippen LogP contribution in [0, 0.1) is 0 Å². The maximum absolute atomic E-state index is 8.68. The van der Waals surface area contributed by atoms with E-state index in [0.29, 0.717) is 6.61 Å². The Morgan fingerprint density at radius 2 is 2.00 bits per heavy atom. The summed E-state index contributed by atoms with van der Waals surface area (Å²) in [5.74, 6) is 0.905. The van der Waals surface area contributed by atoms with E-state index in [-0.39, 0.29) is 0 Å². The first-order chi connectivity index (χ1) is 9.27. The zero-order valence-corrected chi connectivity index (χ0v) is 13.2. The van der Waals surface area contributed by atoms with Crippen LogP contribution < -0.4 is 10.1 Å². The lowest BCUT2D eigenvalue weighted by molar-refractivity contribution is 0.273. The Kier molecular flexibility index (Phi) is 8.88. The van der Waals surface area contributed by atoms with Crippen LogP contribution in [0.4, 0.5) is 0 Å². The first kappa shape index (κ1) is 16.5. The number of hydrogen-bond donors (Lipinski definition) is 2. The molecule has 1 aromatic carbocycles. The van der Waals surface area contributed by atoms with Crippen molar-refractivity contribution in [2.75, 3.05) is 19.8 Å². The van der Waals surface area contributed by atoms with Crippen molar-refractivity contribution in [3.05, 3.63) is 28.2 Å². The highest BCUT2D eigenvalue weighted by Gasteiger charge is 2.02. The van der Waals surface area contributed by atoms with E-state index in [9.17, 15) is 0 Å². The van der Waals surface area contributed by atoms with E-state index in [4.69, 9.17) is 9.84 Å². The summed E-state index contributed by atoms with van der Waals surface area (Å²) in [7, 11) is 0. The number of unbranched alkanes of at least 4 members (excludes halogenated alkanes) is 3. The predicted octanol–water partition coefficient (Wildman–Crippen LogP) is 3.49. The van der Waals surface area contributed by atoms with Gasteiger partial charge in [-0.05, 0) is 59.4 Å². The molecule has 0 aliphatic heterocycles. The van der Waals surface area contributed by atoms with Gasteiger partial charge in [-0.1, -0.05) is 19.4 Å². The fourth-order valence-corrected chi connectivity index (χ4v) is 2.33. The van der Waals surface area contributed by atoms with Crippen LogP contribution in [0.5, 0.6) is 5.75 Å². The van der Waals surface area contributed by atoms with Gasteiger partial charge in [0.05, 0.1) is 11.1 Å². The Labute approximate surface area is 124 Å². The lowest BCUT2D eigenvalue weighted by atomic mass is 10.2. The first-order valence-corrected chi connectivity index (χ1v) is 7.80. The summed E-state index contributed by atoms with van der Waals surface area (Å²) < 4.78 is 6.76. The lowest BCUT2D eigenvalue weighted by Crippen LogP contribution is -2.11. The van der Waals surface area contributed by atoms with Crippen LogP contribution in [0.15, 0.2) is 22.7 Å². The summed E-state index contributed by atoms with van der Waals surface area (Å²) in [5, 5.41) is 12.0. The van der Waals surface area contributed by atoms with Crippen molar-refractivity contribution in [3.63, 3.8) is 0 Å². The second kappa shape index (κ2) is 10.2. The molecule has 4 heteroatoms. The molecule has 3 nitrogen and oxygen atoms in total. The SMILES string of the molecule is CCNCc1ccc(OCCCCCCO)c(Br)c1. The van der Waals surface area contributed by atoms with Gasteiger partial charge in [0.25, 0.3) is 0 Å². The van der Waals surface area contributed by atoms with Crippen molar-refractivity contribution in [3.8, 4) is 5.75 Å². The number of ether oxygens (including phenoxy) is 1. The third-order valence-electron chi connectivity index (χ3n) is 2.89. The largest absolute Gasteiger partial charge is 0.492 e. The molecule has 0 aliphatic carbocycles. The van der Waals surface area contributed by atoms with Crippen LogP contribution in [-0.4, -0.2) is 24.9 Å². The molecule has 0 atom stereocenters. The monoisotopic (exact) mass is 329 g/mol. The second-order valence-corrected chi connectivity index (χ2v) is 5.39. The van der Waals surface area contributed by atoms with Gasteiger partial charge in [0, 0.05) is 13.2 Å². The van der Waals surface area contributed by atoms with E-state index in [0.717, 1.165) is 55.6 Å². The molecular weight excluding hydrogens is 306 g/mol. The highest BCUT2D eigenvalue weighted by molar-refractivity contribution is 9.10. The topological polar surface area (TPSA) is 41.5 Å². The lowest BCUT2D eigenvalue weighted by Gasteiger charge is -2.10. The highest BCUT2D eigenvalue weighted by Crippen LogP contribution is 2.26.